The van der Waals surface area contributed by atoms with Gasteiger partial charge in [-0.2, -0.15) is 0 Å². The predicted octanol–water partition coefficient (Wildman–Crippen LogP) is 5.83. The van der Waals surface area contributed by atoms with Gasteiger partial charge in [-0.25, -0.2) is 4.72 Å². The Hall–Kier alpha value is -2.35. The molecule has 0 aromatic carbocycles. The van der Waals surface area contributed by atoms with Crippen molar-refractivity contribution < 1.29 is 39.0 Å². The van der Waals surface area contributed by atoms with Crippen LogP contribution in [-0.2, 0) is 28.8 Å². The number of carboxylic acid groups (broad SMARTS) is 2. The highest BCUT2D eigenvalue weighted by Gasteiger charge is 2.22. The zero-order valence-electron chi connectivity index (χ0n) is 30.0. The van der Waals surface area contributed by atoms with Gasteiger partial charge in [-0.05, 0) is 57.4 Å². The summed E-state index contributed by atoms with van der Waals surface area (Å²) in [5, 5.41) is 20.7. The number of amides is 1. The van der Waals surface area contributed by atoms with Gasteiger partial charge in [0.1, 0.15) is 5.78 Å². The number of carboxylic acids is 2. The Kier molecular flexibility index (Phi) is 30.1. The quantitative estimate of drug-likeness (QED) is 0.0338. The first-order valence-corrected chi connectivity index (χ1v) is 19.5. The molecule has 0 aliphatic heterocycles. The Bertz CT molecular complexity index is 950. The van der Waals surface area contributed by atoms with E-state index in [1.54, 1.807) is 6.92 Å². The van der Waals surface area contributed by atoms with E-state index in [0.29, 0.717) is 32.2 Å². The number of nitrogens with two attached hydrogens (primary N) is 2. The maximum Gasteiger partial charge on any atom is 0.306 e. The first kappa shape index (κ1) is 46.6. The molecular formula is C36H66N4O8S. The molecule has 1 amide bonds. The summed E-state index contributed by atoms with van der Waals surface area (Å²) in [5.41, 5.74) is 11.0. The molecule has 0 aliphatic carbocycles. The summed E-state index contributed by atoms with van der Waals surface area (Å²) in [4.78, 5) is 70.7. The molecule has 0 rings (SSSR count). The van der Waals surface area contributed by atoms with Crippen LogP contribution in [0.15, 0.2) is 0 Å². The molecule has 0 fully saturated rings. The normalized spacial score (nSPS) is 13.0. The van der Waals surface area contributed by atoms with Crippen molar-refractivity contribution in [2.45, 2.75) is 173 Å². The van der Waals surface area contributed by atoms with Crippen molar-refractivity contribution in [3.8, 4) is 0 Å². The van der Waals surface area contributed by atoms with Gasteiger partial charge in [0.25, 0.3) is 0 Å². The molecular weight excluding hydrogens is 648 g/mol. The molecule has 0 aromatic rings. The first-order valence-electron chi connectivity index (χ1n) is 18.6. The van der Waals surface area contributed by atoms with Gasteiger partial charge in [0, 0.05) is 32.2 Å². The van der Waals surface area contributed by atoms with E-state index in [2.05, 4.69) is 10.0 Å². The van der Waals surface area contributed by atoms with Gasteiger partial charge in [-0.1, -0.05) is 89.9 Å². The summed E-state index contributed by atoms with van der Waals surface area (Å²) in [5.74, 6) is -3.20. The molecule has 0 radical (unpaired) electrons. The van der Waals surface area contributed by atoms with Gasteiger partial charge in [-0.3, -0.25) is 28.8 Å². The summed E-state index contributed by atoms with van der Waals surface area (Å²) in [7, 11) is 0. The molecule has 49 heavy (non-hydrogen) atoms. The Balaban J connectivity index is 3.88. The monoisotopic (exact) mass is 714 g/mol. The van der Waals surface area contributed by atoms with E-state index >= 15 is 0 Å². The number of ketones is 2. The lowest BCUT2D eigenvalue weighted by Gasteiger charge is -2.16. The Labute approximate surface area is 298 Å². The third kappa shape index (κ3) is 29.1. The molecule has 3 atom stereocenters. The summed E-state index contributed by atoms with van der Waals surface area (Å²) < 4.78 is 2.83. The van der Waals surface area contributed by atoms with Crippen LogP contribution in [0, 0.1) is 5.92 Å². The molecule has 0 aromatic heterocycles. The lowest BCUT2D eigenvalue weighted by atomic mass is 9.94. The van der Waals surface area contributed by atoms with Crippen molar-refractivity contribution in [3.63, 3.8) is 0 Å². The van der Waals surface area contributed by atoms with Crippen molar-refractivity contribution >= 4 is 46.5 Å². The van der Waals surface area contributed by atoms with Gasteiger partial charge in [0.15, 0.2) is 5.78 Å². The zero-order chi connectivity index (χ0) is 36.7. The van der Waals surface area contributed by atoms with Crippen molar-refractivity contribution in [1.82, 2.24) is 10.0 Å². The molecule has 0 aliphatic rings. The minimum absolute atomic E-state index is 0.0215. The number of unbranched alkanes of at least 4 members (excludes halogenated alkanes) is 16. The van der Waals surface area contributed by atoms with Crippen LogP contribution in [-0.4, -0.2) is 69.9 Å². The molecule has 0 heterocycles. The van der Waals surface area contributed by atoms with Crippen LogP contribution < -0.4 is 21.5 Å². The molecule has 0 saturated heterocycles. The number of hydrogen-bond donors (Lipinski definition) is 6. The van der Waals surface area contributed by atoms with Crippen LogP contribution in [0.4, 0.5) is 0 Å². The van der Waals surface area contributed by atoms with Crippen LogP contribution >= 0.6 is 11.9 Å². The van der Waals surface area contributed by atoms with Gasteiger partial charge in [0.05, 0.1) is 24.5 Å². The number of carbonyl (C=O) groups is 6. The van der Waals surface area contributed by atoms with Crippen molar-refractivity contribution in [1.29, 1.82) is 0 Å². The van der Waals surface area contributed by atoms with E-state index in [4.69, 9.17) is 16.6 Å². The van der Waals surface area contributed by atoms with Crippen LogP contribution in [0.5, 0.6) is 0 Å². The number of Topliss-reactive ketones (excluding diaryl/α,β-unsaturated/α-hetero) is 2. The Morgan fingerprint density at radius 2 is 1.14 bits per heavy atom. The molecule has 0 bridgehead atoms. The predicted molar refractivity (Wildman–Crippen MR) is 195 cm³/mol. The molecule has 0 spiro atoms. The van der Waals surface area contributed by atoms with Gasteiger partial charge in [-0.15, -0.1) is 0 Å². The van der Waals surface area contributed by atoms with E-state index in [1.807, 2.05) is 0 Å². The SMILES string of the molecule is C[C@H](N)C(=O)SN[C@@H](CCCCNC(=O)CC[C@H](CC(=O)CCCCCCCCCCCCCCCCCCC(=O)O)C(=O)O)C(=O)CN. The first-order chi connectivity index (χ1) is 23.5. The average Bonchev–Trinajstić information content (AvgIpc) is 3.06. The Morgan fingerprint density at radius 1 is 0.653 bits per heavy atom. The maximum atomic E-state index is 12.4. The van der Waals surface area contributed by atoms with E-state index in [9.17, 15) is 33.9 Å². The van der Waals surface area contributed by atoms with Crippen molar-refractivity contribution in [2.24, 2.45) is 17.4 Å². The van der Waals surface area contributed by atoms with Crippen LogP contribution in [0.1, 0.15) is 161 Å². The summed E-state index contributed by atoms with van der Waals surface area (Å²) in [6.07, 6.45) is 20.5. The van der Waals surface area contributed by atoms with Crippen molar-refractivity contribution in [3.05, 3.63) is 0 Å². The summed E-state index contributed by atoms with van der Waals surface area (Å²) in [6.45, 7) is 1.78. The van der Waals surface area contributed by atoms with E-state index in [1.165, 1.54) is 57.8 Å². The minimum atomic E-state index is -1.06. The molecule has 13 heteroatoms. The van der Waals surface area contributed by atoms with Crippen molar-refractivity contribution in [2.75, 3.05) is 13.1 Å². The molecule has 0 saturated carbocycles. The second kappa shape index (κ2) is 31.6. The van der Waals surface area contributed by atoms with E-state index in [-0.39, 0.29) is 54.8 Å². The highest BCUT2D eigenvalue weighted by atomic mass is 32.2. The number of aliphatic carboxylic acids is 2. The minimum Gasteiger partial charge on any atom is -0.481 e. The molecule has 8 N–H and O–H groups in total. The highest BCUT2D eigenvalue weighted by Crippen LogP contribution is 2.17. The molecule has 284 valence electrons. The summed E-state index contributed by atoms with van der Waals surface area (Å²) in [6, 6.07) is -1.25. The van der Waals surface area contributed by atoms with Gasteiger partial charge in [0.2, 0.25) is 11.0 Å². The molecule has 0 unspecified atom stereocenters. The van der Waals surface area contributed by atoms with Crippen LogP contribution in [0.3, 0.4) is 0 Å². The standard InChI is InChI=1S/C36H66N4O8S/c1-28(38)36(48)49-40-31(32(42)27-37)21-18-19-25-39-33(43)24-23-29(35(46)47)26-30(41)20-16-14-12-10-8-6-4-2-3-5-7-9-11-13-15-17-22-34(44)45/h28-29,31,40H,2-27,37-38H2,1H3,(H,39,43)(H,44,45)(H,46,47)/t28-,29+,31-/m0/s1. The van der Waals surface area contributed by atoms with E-state index in [0.717, 1.165) is 56.9 Å². The average molecular weight is 715 g/mol. The number of carbonyl (C=O) groups excluding carboxylic acids is 4. The number of rotatable bonds is 35. The fraction of sp³-hybridized carbons (Fsp3) is 0.833. The van der Waals surface area contributed by atoms with E-state index < -0.39 is 29.9 Å². The third-order valence-corrected chi connectivity index (χ3v) is 9.62. The third-order valence-electron chi connectivity index (χ3n) is 8.64. The smallest absolute Gasteiger partial charge is 0.306 e. The fourth-order valence-corrected chi connectivity index (χ4v) is 6.20. The topological polar surface area (TPSA) is 219 Å². The largest absolute Gasteiger partial charge is 0.481 e. The second-order valence-corrected chi connectivity index (χ2v) is 14.1. The fourth-order valence-electron chi connectivity index (χ4n) is 5.51. The van der Waals surface area contributed by atoms with Gasteiger partial charge < -0.3 is 27.0 Å². The highest BCUT2D eigenvalue weighted by molar-refractivity contribution is 8.12. The summed E-state index contributed by atoms with van der Waals surface area (Å²) >= 11 is 0.794. The number of nitrogens with one attached hydrogen (secondary N) is 2. The lowest BCUT2D eigenvalue weighted by molar-refractivity contribution is -0.144. The lowest BCUT2D eigenvalue weighted by Crippen LogP contribution is -2.39. The second-order valence-electron chi connectivity index (χ2n) is 13.3. The zero-order valence-corrected chi connectivity index (χ0v) is 30.8. The van der Waals surface area contributed by atoms with Crippen LogP contribution in [0.2, 0.25) is 0 Å². The Morgan fingerprint density at radius 3 is 1.59 bits per heavy atom. The molecule has 12 nitrogen and oxygen atoms in total. The van der Waals surface area contributed by atoms with Crippen LogP contribution in [0.25, 0.3) is 0 Å². The number of hydrogen-bond acceptors (Lipinski definition) is 10. The maximum absolute atomic E-state index is 12.4. The van der Waals surface area contributed by atoms with Gasteiger partial charge >= 0.3 is 11.9 Å².